The minimum Gasteiger partial charge on any atom is -0.482 e. The van der Waals surface area contributed by atoms with E-state index in [9.17, 15) is 4.79 Å². The van der Waals surface area contributed by atoms with Crippen LogP contribution in [0, 0.1) is 6.92 Å². The maximum absolute atomic E-state index is 12.3. The summed E-state index contributed by atoms with van der Waals surface area (Å²) >= 11 is 11.9. The third-order valence-electron chi connectivity index (χ3n) is 4.81. The molecule has 156 valence electrons. The zero-order valence-corrected chi connectivity index (χ0v) is 17.9. The summed E-state index contributed by atoms with van der Waals surface area (Å²) in [5.74, 6) is 0.849. The van der Waals surface area contributed by atoms with Crippen molar-refractivity contribution in [2.75, 3.05) is 43.0 Å². The highest BCUT2D eigenvalue weighted by atomic mass is 35.5. The van der Waals surface area contributed by atoms with E-state index in [4.69, 9.17) is 32.9 Å². The number of halogens is 2. The van der Waals surface area contributed by atoms with Crippen LogP contribution in [0.3, 0.4) is 0 Å². The van der Waals surface area contributed by atoms with Crippen LogP contribution in [0.1, 0.15) is 5.69 Å². The number of hydrogen-bond donors (Lipinski definition) is 2. The van der Waals surface area contributed by atoms with Crippen LogP contribution in [0.15, 0.2) is 36.4 Å². The van der Waals surface area contributed by atoms with Gasteiger partial charge in [0.2, 0.25) is 5.95 Å². The molecule has 1 aliphatic heterocycles. The lowest BCUT2D eigenvalue weighted by molar-refractivity contribution is -0.118. The molecule has 0 spiro atoms. The second kappa shape index (κ2) is 9.04. The molecule has 3 aromatic rings. The number of aromatic nitrogens is 2. The van der Waals surface area contributed by atoms with Crippen LogP contribution in [-0.2, 0) is 4.79 Å². The fourth-order valence-electron chi connectivity index (χ4n) is 3.28. The van der Waals surface area contributed by atoms with Crippen molar-refractivity contribution in [2.24, 2.45) is 0 Å². The van der Waals surface area contributed by atoms with E-state index in [1.165, 1.54) is 0 Å². The normalized spacial score (nSPS) is 14.0. The molecule has 0 unspecified atom stereocenters. The summed E-state index contributed by atoms with van der Waals surface area (Å²) in [4.78, 5) is 23.8. The van der Waals surface area contributed by atoms with Crippen LogP contribution < -0.4 is 20.3 Å². The van der Waals surface area contributed by atoms with Crippen LogP contribution in [0.2, 0.25) is 10.0 Å². The molecular weight excluding hydrogens is 425 g/mol. The topological polar surface area (TPSA) is 79.4 Å². The molecular formula is C21H21Cl2N5O2. The summed E-state index contributed by atoms with van der Waals surface area (Å²) in [5, 5.41) is 7.92. The molecule has 1 fully saturated rings. The lowest BCUT2D eigenvalue weighted by Crippen LogP contribution is -2.44. The van der Waals surface area contributed by atoms with Gasteiger partial charge >= 0.3 is 0 Å². The van der Waals surface area contributed by atoms with Gasteiger partial charge in [0, 0.05) is 42.3 Å². The van der Waals surface area contributed by atoms with Gasteiger partial charge in [-0.05, 0) is 43.3 Å². The molecule has 1 aromatic heterocycles. The Kier molecular flexibility index (Phi) is 6.22. The van der Waals surface area contributed by atoms with Gasteiger partial charge in [0.15, 0.2) is 6.61 Å². The number of rotatable bonds is 5. The Hall–Kier alpha value is -2.61. The number of anilines is 2. The number of piperazine rings is 1. The molecule has 1 aliphatic rings. The van der Waals surface area contributed by atoms with Gasteiger partial charge in [0.05, 0.1) is 16.2 Å². The van der Waals surface area contributed by atoms with Crippen molar-refractivity contribution in [2.45, 2.75) is 6.92 Å². The van der Waals surface area contributed by atoms with Crippen molar-refractivity contribution in [1.82, 2.24) is 15.3 Å². The maximum atomic E-state index is 12.3. The van der Waals surface area contributed by atoms with E-state index in [0.717, 1.165) is 48.7 Å². The van der Waals surface area contributed by atoms with Gasteiger partial charge in [-0.3, -0.25) is 4.79 Å². The van der Waals surface area contributed by atoms with Crippen LogP contribution in [-0.4, -0.2) is 48.7 Å². The molecule has 1 amide bonds. The quantitative estimate of drug-likeness (QED) is 0.623. The summed E-state index contributed by atoms with van der Waals surface area (Å²) in [6.07, 6.45) is 0. The Bertz CT molecular complexity index is 1090. The Morgan fingerprint density at radius 1 is 1.17 bits per heavy atom. The van der Waals surface area contributed by atoms with Crippen LogP contribution in [0.25, 0.3) is 10.9 Å². The molecule has 0 saturated carbocycles. The third-order valence-corrected chi connectivity index (χ3v) is 5.34. The predicted octanol–water partition coefficient (Wildman–Crippen LogP) is 3.67. The predicted molar refractivity (Wildman–Crippen MR) is 120 cm³/mol. The Morgan fingerprint density at radius 2 is 1.97 bits per heavy atom. The van der Waals surface area contributed by atoms with Gasteiger partial charge in [0.25, 0.3) is 5.91 Å². The number of hydrogen-bond acceptors (Lipinski definition) is 6. The highest BCUT2D eigenvalue weighted by molar-refractivity contribution is 6.35. The van der Waals surface area contributed by atoms with E-state index in [1.807, 2.05) is 25.1 Å². The molecule has 0 aliphatic carbocycles. The monoisotopic (exact) mass is 445 g/mol. The summed E-state index contributed by atoms with van der Waals surface area (Å²) in [5.41, 5.74) is 2.37. The van der Waals surface area contributed by atoms with Crippen molar-refractivity contribution in [1.29, 1.82) is 0 Å². The molecule has 0 bridgehead atoms. The van der Waals surface area contributed by atoms with E-state index >= 15 is 0 Å². The van der Waals surface area contributed by atoms with E-state index in [1.54, 1.807) is 18.2 Å². The largest absolute Gasteiger partial charge is 0.482 e. The molecule has 2 heterocycles. The number of amides is 1. The molecule has 0 radical (unpaired) electrons. The van der Waals surface area contributed by atoms with E-state index in [0.29, 0.717) is 21.5 Å². The first-order valence-electron chi connectivity index (χ1n) is 9.61. The first-order valence-corrected chi connectivity index (χ1v) is 10.4. The van der Waals surface area contributed by atoms with Crippen LogP contribution in [0.4, 0.5) is 11.6 Å². The molecule has 30 heavy (non-hydrogen) atoms. The molecule has 7 nitrogen and oxygen atoms in total. The molecule has 9 heteroatoms. The van der Waals surface area contributed by atoms with Crippen molar-refractivity contribution < 1.29 is 9.53 Å². The second-order valence-corrected chi connectivity index (χ2v) is 7.83. The minimum atomic E-state index is -0.295. The molecule has 2 N–H and O–H groups in total. The highest BCUT2D eigenvalue weighted by Gasteiger charge is 2.15. The number of carbonyl (C=O) groups excluding carboxylic acids is 1. The summed E-state index contributed by atoms with van der Waals surface area (Å²) < 4.78 is 5.48. The molecule has 4 rings (SSSR count). The third kappa shape index (κ3) is 4.75. The first kappa shape index (κ1) is 20.7. The highest BCUT2D eigenvalue weighted by Crippen LogP contribution is 2.27. The number of ether oxygens (including phenoxy) is 1. The van der Waals surface area contributed by atoms with Gasteiger partial charge in [-0.25, -0.2) is 9.97 Å². The summed E-state index contributed by atoms with van der Waals surface area (Å²) in [6.45, 7) is 5.40. The number of benzene rings is 2. The zero-order valence-electron chi connectivity index (χ0n) is 16.4. The Labute approximate surface area is 184 Å². The van der Waals surface area contributed by atoms with Crippen LogP contribution in [0.5, 0.6) is 5.75 Å². The molecule has 0 atom stereocenters. The standard InChI is InChI=1S/C21H21Cl2N5O2/c1-13-16-11-15(26-20(29)12-30-19-5-2-14(22)10-17(19)23)3-4-18(16)27-21(25-13)28-8-6-24-7-9-28/h2-5,10-11,24H,6-9,12H2,1H3,(H,26,29). The summed E-state index contributed by atoms with van der Waals surface area (Å²) in [6, 6.07) is 10.4. The second-order valence-electron chi connectivity index (χ2n) is 6.99. The molecule has 1 saturated heterocycles. The van der Waals surface area contributed by atoms with Crippen molar-refractivity contribution in [3.8, 4) is 5.75 Å². The lowest BCUT2D eigenvalue weighted by Gasteiger charge is -2.27. The summed E-state index contributed by atoms with van der Waals surface area (Å²) in [7, 11) is 0. The fraction of sp³-hybridized carbons (Fsp3) is 0.286. The number of carbonyl (C=O) groups is 1. The number of nitrogens with zero attached hydrogens (tertiary/aromatic N) is 3. The lowest BCUT2D eigenvalue weighted by atomic mass is 10.1. The van der Waals surface area contributed by atoms with Gasteiger partial charge < -0.3 is 20.3 Å². The van der Waals surface area contributed by atoms with Gasteiger partial charge in [-0.2, -0.15) is 0 Å². The molecule has 2 aromatic carbocycles. The van der Waals surface area contributed by atoms with Gasteiger partial charge in [-0.15, -0.1) is 0 Å². The first-order chi connectivity index (χ1) is 14.5. The maximum Gasteiger partial charge on any atom is 0.262 e. The number of fused-ring (bicyclic) bond motifs is 1. The zero-order chi connectivity index (χ0) is 21.1. The average molecular weight is 446 g/mol. The van der Waals surface area contributed by atoms with E-state index < -0.39 is 0 Å². The fourth-order valence-corrected chi connectivity index (χ4v) is 3.75. The number of nitrogens with one attached hydrogen (secondary N) is 2. The van der Waals surface area contributed by atoms with Crippen molar-refractivity contribution in [3.05, 3.63) is 52.1 Å². The van der Waals surface area contributed by atoms with Gasteiger partial charge in [0.1, 0.15) is 5.75 Å². The van der Waals surface area contributed by atoms with E-state index in [-0.39, 0.29) is 12.5 Å². The smallest absolute Gasteiger partial charge is 0.262 e. The van der Waals surface area contributed by atoms with Crippen molar-refractivity contribution in [3.63, 3.8) is 0 Å². The Balaban J connectivity index is 1.45. The van der Waals surface area contributed by atoms with Gasteiger partial charge in [-0.1, -0.05) is 23.2 Å². The number of aryl methyl sites for hydroxylation is 1. The minimum absolute atomic E-state index is 0.170. The average Bonchev–Trinajstić information content (AvgIpc) is 2.74. The van der Waals surface area contributed by atoms with Crippen molar-refractivity contribution >= 4 is 51.6 Å². The van der Waals surface area contributed by atoms with Crippen LogP contribution >= 0.6 is 23.2 Å². The SMILES string of the molecule is Cc1nc(N2CCNCC2)nc2ccc(NC(=O)COc3ccc(Cl)cc3Cl)cc12. The van der Waals surface area contributed by atoms with E-state index in [2.05, 4.69) is 20.5 Å². The Morgan fingerprint density at radius 3 is 2.73 bits per heavy atom.